The minimum absolute atomic E-state index is 0.144. The number of benzene rings is 2. The number of alkyl halides is 3. The number of ether oxygens (including phenoxy) is 2. The van der Waals surface area contributed by atoms with Gasteiger partial charge in [-0.05, 0) is 42.0 Å². The van der Waals surface area contributed by atoms with E-state index in [9.17, 15) is 42.4 Å². The number of nitrogens with two attached hydrogens (primary N) is 1. The number of nitrogens with one attached hydrogen (secondary N) is 1. The lowest BCUT2D eigenvalue weighted by Crippen LogP contribution is -2.60. The van der Waals surface area contributed by atoms with E-state index >= 15 is 0 Å². The van der Waals surface area contributed by atoms with E-state index in [1.165, 1.54) is 30.5 Å². The van der Waals surface area contributed by atoms with Gasteiger partial charge in [-0.15, -0.1) is 0 Å². The van der Waals surface area contributed by atoms with Gasteiger partial charge >= 0.3 is 6.18 Å². The molecular formula is C25H23F5N6O6. The number of rotatable bonds is 7. The standard InChI is InChI=1S/C25H23F5N6O6/c26-12-3-6-15(14(27)7-12)35-23-17(21(31)25(28,29)30)22(32)36(10-33-23)34-8-11-1-4-13(5-2-11)41-24-20(40)19(39)18(38)16(9-37)42-24/h1-8,10,16,18-20,24,31,37-40H,9,32H2. The molecule has 0 bridgehead atoms. The monoisotopic (exact) mass is 598 g/mol. The van der Waals surface area contributed by atoms with E-state index in [-0.39, 0.29) is 5.75 Å². The molecule has 1 saturated heterocycles. The van der Waals surface area contributed by atoms with Crippen LogP contribution in [0.3, 0.4) is 0 Å². The number of aromatic nitrogens is 2. The van der Waals surface area contributed by atoms with Crippen LogP contribution in [0.15, 0.2) is 58.9 Å². The van der Waals surface area contributed by atoms with Gasteiger partial charge in [0.25, 0.3) is 0 Å². The van der Waals surface area contributed by atoms with Gasteiger partial charge in [-0.3, -0.25) is 5.41 Å². The normalized spacial score (nSPS) is 23.4. The predicted molar refractivity (Wildman–Crippen MR) is 135 cm³/mol. The van der Waals surface area contributed by atoms with Crippen LogP contribution in [0.25, 0.3) is 0 Å². The highest BCUT2D eigenvalue weighted by Gasteiger charge is 2.44. The highest BCUT2D eigenvalue weighted by molar-refractivity contribution is 6.05. The smallest absolute Gasteiger partial charge is 0.433 e. The molecular weight excluding hydrogens is 575 g/mol. The Hall–Kier alpha value is -4.29. The number of anilines is 1. The molecule has 2 aromatic carbocycles. The van der Waals surface area contributed by atoms with E-state index in [0.717, 1.165) is 23.1 Å². The van der Waals surface area contributed by atoms with Crippen molar-refractivity contribution < 1.29 is 51.9 Å². The van der Waals surface area contributed by atoms with Crippen molar-refractivity contribution in [2.45, 2.75) is 36.9 Å². The Morgan fingerprint density at radius 1 is 1.10 bits per heavy atom. The van der Waals surface area contributed by atoms with Gasteiger partial charge in [0.1, 0.15) is 53.8 Å². The quantitative estimate of drug-likeness (QED) is 0.171. The van der Waals surface area contributed by atoms with Gasteiger partial charge in [-0.1, -0.05) is 0 Å². The molecule has 0 aliphatic carbocycles. The van der Waals surface area contributed by atoms with Crippen molar-refractivity contribution in [2.24, 2.45) is 10.1 Å². The molecule has 0 radical (unpaired) electrons. The van der Waals surface area contributed by atoms with Crippen molar-refractivity contribution in [1.29, 1.82) is 5.41 Å². The molecule has 0 saturated carbocycles. The average Bonchev–Trinajstić information content (AvgIpc) is 2.94. The summed E-state index contributed by atoms with van der Waals surface area (Å²) in [6, 6.07) is 7.91. The summed E-state index contributed by atoms with van der Waals surface area (Å²) < 4.78 is 79.2. The lowest BCUT2D eigenvalue weighted by atomic mass is 9.99. The maximum Gasteiger partial charge on any atom is 0.433 e. The first kappa shape index (κ1) is 30.7. The zero-order chi connectivity index (χ0) is 30.8. The van der Waals surface area contributed by atoms with Crippen LogP contribution in [-0.4, -0.2) is 85.5 Å². The first-order valence-electron chi connectivity index (χ1n) is 11.9. The summed E-state index contributed by atoms with van der Waals surface area (Å²) in [5, 5.41) is 50.7. The molecule has 0 spiro atoms. The molecule has 1 aliphatic rings. The Kier molecular flexibility index (Phi) is 8.97. The molecule has 3 aromatic rings. The van der Waals surface area contributed by atoms with E-state index in [1.807, 2.05) is 0 Å². The molecule has 7 N–H and O–H groups in total. The SMILES string of the molecule is N=C(c1c(N)n(N=Cc2ccc(OC3OC(CO)C(O)C(O)C3O)cc2)cnc1=Nc1ccc(F)cc1F)C(F)(F)F. The molecule has 5 atom stereocenters. The lowest BCUT2D eigenvalue weighted by molar-refractivity contribution is -0.277. The van der Waals surface area contributed by atoms with Crippen LogP contribution in [0.5, 0.6) is 5.75 Å². The Balaban J connectivity index is 1.60. The zero-order valence-corrected chi connectivity index (χ0v) is 21.2. The maximum atomic E-state index is 14.1. The molecule has 1 aromatic heterocycles. The summed E-state index contributed by atoms with van der Waals surface area (Å²) in [4.78, 5) is 7.44. The third kappa shape index (κ3) is 6.60. The second-order valence-corrected chi connectivity index (χ2v) is 8.88. The van der Waals surface area contributed by atoms with Crippen LogP contribution in [0.2, 0.25) is 0 Å². The summed E-state index contributed by atoms with van der Waals surface area (Å²) in [7, 11) is 0. The number of halogens is 5. The number of aliphatic hydroxyl groups is 4. The van der Waals surface area contributed by atoms with Gasteiger partial charge in [-0.25, -0.2) is 23.4 Å². The number of aliphatic hydroxyl groups excluding tert-OH is 4. The molecule has 0 amide bonds. The van der Waals surface area contributed by atoms with Crippen molar-refractivity contribution in [3.63, 3.8) is 0 Å². The summed E-state index contributed by atoms with van der Waals surface area (Å²) in [5.74, 6) is -2.66. The molecule has 17 heteroatoms. The Labute approximate surface area is 232 Å². The zero-order valence-electron chi connectivity index (χ0n) is 21.2. The molecule has 2 heterocycles. The molecule has 5 unspecified atom stereocenters. The largest absolute Gasteiger partial charge is 0.462 e. The molecule has 224 valence electrons. The fourth-order valence-electron chi connectivity index (χ4n) is 3.77. The predicted octanol–water partition coefficient (Wildman–Crippen LogP) is 0.967. The van der Waals surface area contributed by atoms with Crippen LogP contribution < -0.4 is 16.0 Å². The number of hydrogen-bond donors (Lipinski definition) is 6. The van der Waals surface area contributed by atoms with Gasteiger partial charge in [0, 0.05) is 6.07 Å². The van der Waals surface area contributed by atoms with E-state index in [2.05, 4.69) is 15.1 Å². The Morgan fingerprint density at radius 3 is 2.40 bits per heavy atom. The van der Waals surface area contributed by atoms with Crippen molar-refractivity contribution in [2.75, 3.05) is 12.3 Å². The highest BCUT2D eigenvalue weighted by Crippen LogP contribution is 2.26. The van der Waals surface area contributed by atoms with Crippen LogP contribution in [-0.2, 0) is 4.74 Å². The first-order valence-corrected chi connectivity index (χ1v) is 11.9. The van der Waals surface area contributed by atoms with Gasteiger partial charge in [-0.2, -0.15) is 18.3 Å². The summed E-state index contributed by atoms with van der Waals surface area (Å²) >= 11 is 0. The topological polar surface area (TPSA) is 192 Å². The van der Waals surface area contributed by atoms with Gasteiger partial charge in [0.15, 0.2) is 17.0 Å². The van der Waals surface area contributed by atoms with Crippen molar-refractivity contribution in [3.8, 4) is 5.75 Å². The minimum atomic E-state index is -5.18. The van der Waals surface area contributed by atoms with E-state index < -0.39 is 83.4 Å². The molecule has 4 rings (SSSR count). The molecule has 1 aliphatic heterocycles. The van der Waals surface area contributed by atoms with Gasteiger partial charge in [0.2, 0.25) is 6.29 Å². The fourth-order valence-corrected chi connectivity index (χ4v) is 3.77. The van der Waals surface area contributed by atoms with Crippen molar-refractivity contribution in [3.05, 3.63) is 77.0 Å². The second kappa shape index (κ2) is 12.3. The summed E-state index contributed by atoms with van der Waals surface area (Å²) in [5.41, 5.74) is 2.06. The van der Waals surface area contributed by atoms with Crippen LogP contribution in [0.1, 0.15) is 11.1 Å². The average molecular weight is 598 g/mol. The van der Waals surface area contributed by atoms with E-state index in [1.54, 1.807) is 0 Å². The van der Waals surface area contributed by atoms with Crippen LogP contribution in [0, 0.1) is 17.0 Å². The number of nitrogens with zero attached hydrogens (tertiary/aromatic N) is 4. The molecule has 1 fully saturated rings. The highest BCUT2D eigenvalue weighted by atomic mass is 19.4. The second-order valence-electron chi connectivity index (χ2n) is 8.88. The summed E-state index contributed by atoms with van der Waals surface area (Å²) in [6.45, 7) is -0.641. The maximum absolute atomic E-state index is 14.1. The first-order chi connectivity index (χ1) is 19.8. The minimum Gasteiger partial charge on any atom is -0.462 e. The van der Waals surface area contributed by atoms with Crippen LogP contribution >= 0.6 is 0 Å². The fraction of sp³-hybridized carbons (Fsp3) is 0.280. The van der Waals surface area contributed by atoms with Crippen molar-refractivity contribution >= 4 is 23.4 Å². The van der Waals surface area contributed by atoms with Gasteiger partial charge < -0.3 is 35.6 Å². The van der Waals surface area contributed by atoms with Gasteiger partial charge in [0.05, 0.1) is 18.4 Å². The van der Waals surface area contributed by atoms with E-state index in [4.69, 9.17) is 20.6 Å². The summed E-state index contributed by atoms with van der Waals surface area (Å²) in [6.07, 6.45) is -10.5. The third-order valence-corrected chi connectivity index (χ3v) is 6.00. The molecule has 42 heavy (non-hydrogen) atoms. The lowest BCUT2D eigenvalue weighted by Gasteiger charge is -2.39. The van der Waals surface area contributed by atoms with Crippen LogP contribution in [0.4, 0.5) is 33.5 Å². The molecule has 12 nitrogen and oxygen atoms in total. The Bertz CT molecular complexity index is 1550. The third-order valence-electron chi connectivity index (χ3n) is 6.00. The number of hydrogen-bond acceptors (Lipinski definition) is 11. The Morgan fingerprint density at radius 2 is 1.79 bits per heavy atom. The van der Waals surface area contributed by atoms with Crippen molar-refractivity contribution in [1.82, 2.24) is 9.66 Å². The van der Waals surface area contributed by atoms with E-state index in [0.29, 0.717) is 11.6 Å². The number of nitrogen functional groups attached to an aromatic ring is 1.